The molecule has 9 nitrogen and oxygen atoms in total. The molecule has 2 N–H and O–H groups in total. The van der Waals surface area contributed by atoms with Crippen molar-refractivity contribution in [3.8, 4) is 5.75 Å². The van der Waals surface area contributed by atoms with Gasteiger partial charge in [-0.2, -0.15) is 4.31 Å². The van der Waals surface area contributed by atoms with Crippen LogP contribution in [-0.2, 0) is 37.9 Å². The number of amides is 1. The van der Waals surface area contributed by atoms with Crippen LogP contribution in [0.15, 0.2) is 88.7 Å². The van der Waals surface area contributed by atoms with E-state index in [2.05, 4.69) is 10.0 Å². The third-order valence-electron chi connectivity index (χ3n) is 6.18. The molecule has 202 valence electrons. The molecule has 1 saturated heterocycles. The van der Waals surface area contributed by atoms with Crippen molar-refractivity contribution in [2.24, 2.45) is 0 Å². The number of piperidine rings is 1. The summed E-state index contributed by atoms with van der Waals surface area (Å²) in [6.07, 6.45) is 2.80. The normalized spacial score (nSPS) is 14.6. The molecule has 0 atom stereocenters. The molecule has 1 fully saturated rings. The van der Waals surface area contributed by atoms with E-state index in [1.54, 1.807) is 24.3 Å². The molecule has 0 radical (unpaired) electrons. The van der Waals surface area contributed by atoms with E-state index < -0.39 is 20.0 Å². The summed E-state index contributed by atoms with van der Waals surface area (Å²) < 4.78 is 60.1. The van der Waals surface area contributed by atoms with Crippen molar-refractivity contribution in [2.45, 2.75) is 42.1 Å². The van der Waals surface area contributed by atoms with Gasteiger partial charge < -0.3 is 10.1 Å². The average molecular weight is 558 g/mol. The minimum absolute atomic E-state index is 0.0935. The van der Waals surface area contributed by atoms with E-state index in [-0.39, 0.29) is 35.4 Å². The molecule has 4 rings (SSSR count). The fourth-order valence-corrected chi connectivity index (χ4v) is 6.54. The number of carbonyl (C=O) groups excluding carboxylic acids is 1. The van der Waals surface area contributed by atoms with E-state index in [0.717, 1.165) is 30.4 Å². The van der Waals surface area contributed by atoms with Crippen molar-refractivity contribution in [1.29, 1.82) is 0 Å². The van der Waals surface area contributed by atoms with Gasteiger partial charge in [-0.1, -0.05) is 48.9 Å². The number of rotatable bonds is 11. The summed E-state index contributed by atoms with van der Waals surface area (Å²) in [4.78, 5) is 12.6. The second kappa shape index (κ2) is 12.5. The predicted octanol–water partition coefficient (Wildman–Crippen LogP) is 3.03. The zero-order chi connectivity index (χ0) is 27.0. The molecular formula is C27H31N3O6S2. The molecule has 0 spiro atoms. The fraction of sp³-hybridized carbons (Fsp3) is 0.296. The molecule has 1 heterocycles. The first kappa shape index (κ1) is 27.8. The third kappa shape index (κ3) is 7.41. The van der Waals surface area contributed by atoms with E-state index in [1.165, 1.54) is 28.6 Å². The lowest BCUT2D eigenvalue weighted by Gasteiger charge is -2.25. The highest BCUT2D eigenvalue weighted by Gasteiger charge is 2.25. The second-order valence-electron chi connectivity index (χ2n) is 8.96. The quantitative estimate of drug-likeness (QED) is 0.374. The fourth-order valence-electron chi connectivity index (χ4n) is 4.01. The molecule has 1 aliphatic rings. The first-order valence-corrected chi connectivity index (χ1v) is 15.3. The summed E-state index contributed by atoms with van der Waals surface area (Å²) in [5.41, 5.74) is 1.61. The Kier molecular flexibility index (Phi) is 9.16. The van der Waals surface area contributed by atoms with Crippen molar-refractivity contribution in [1.82, 2.24) is 14.3 Å². The molecule has 1 amide bonds. The molecule has 0 bridgehead atoms. The highest BCUT2D eigenvalue weighted by molar-refractivity contribution is 7.89. The minimum Gasteiger partial charge on any atom is -0.484 e. The van der Waals surface area contributed by atoms with Gasteiger partial charge in [0.15, 0.2) is 6.61 Å². The van der Waals surface area contributed by atoms with E-state index in [4.69, 9.17) is 4.74 Å². The van der Waals surface area contributed by atoms with Gasteiger partial charge in [0.2, 0.25) is 20.0 Å². The molecule has 1 aliphatic heterocycles. The summed E-state index contributed by atoms with van der Waals surface area (Å²) >= 11 is 0. The number of nitrogens with zero attached hydrogens (tertiary/aromatic N) is 1. The zero-order valence-electron chi connectivity index (χ0n) is 20.9. The molecular weight excluding hydrogens is 526 g/mol. The maximum atomic E-state index is 12.8. The van der Waals surface area contributed by atoms with Crippen LogP contribution in [0.3, 0.4) is 0 Å². The van der Waals surface area contributed by atoms with Crippen molar-refractivity contribution >= 4 is 26.0 Å². The minimum atomic E-state index is -3.69. The number of carbonyl (C=O) groups is 1. The van der Waals surface area contributed by atoms with Crippen molar-refractivity contribution in [2.75, 3.05) is 19.7 Å². The van der Waals surface area contributed by atoms with Crippen LogP contribution in [0.25, 0.3) is 0 Å². The van der Waals surface area contributed by atoms with Gasteiger partial charge in [-0.05, 0) is 60.4 Å². The highest BCUT2D eigenvalue weighted by Crippen LogP contribution is 2.21. The Balaban J connectivity index is 1.23. The number of hydrogen-bond donors (Lipinski definition) is 2. The molecule has 0 unspecified atom stereocenters. The largest absolute Gasteiger partial charge is 0.484 e. The lowest BCUT2D eigenvalue weighted by Crippen LogP contribution is -2.35. The molecule has 11 heteroatoms. The van der Waals surface area contributed by atoms with Gasteiger partial charge >= 0.3 is 0 Å². The monoisotopic (exact) mass is 557 g/mol. The molecule has 3 aromatic carbocycles. The first-order chi connectivity index (χ1) is 18.2. The molecule has 0 aromatic heterocycles. The predicted molar refractivity (Wildman–Crippen MR) is 143 cm³/mol. The number of benzene rings is 3. The van der Waals surface area contributed by atoms with E-state index in [1.807, 2.05) is 30.3 Å². The zero-order valence-corrected chi connectivity index (χ0v) is 22.5. The molecule has 0 saturated carbocycles. The Labute approximate surface area is 223 Å². The Morgan fingerprint density at radius 3 is 2.00 bits per heavy atom. The van der Waals surface area contributed by atoms with Gasteiger partial charge in [0.05, 0.1) is 9.79 Å². The van der Waals surface area contributed by atoms with Crippen LogP contribution in [0.2, 0.25) is 0 Å². The summed E-state index contributed by atoms with van der Waals surface area (Å²) in [5.74, 6) is -0.00864. The van der Waals surface area contributed by atoms with Crippen LogP contribution < -0.4 is 14.8 Å². The Morgan fingerprint density at radius 2 is 1.34 bits per heavy atom. The second-order valence-corrected chi connectivity index (χ2v) is 12.7. The lowest BCUT2D eigenvalue weighted by molar-refractivity contribution is -0.123. The maximum absolute atomic E-state index is 12.8. The highest BCUT2D eigenvalue weighted by atomic mass is 32.2. The van der Waals surface area contributed by atoms with E-state index >= 15 is 0 Å². The first-order valence-electron chi connectivity index (χ1n) is 12.4. The van der Waals surface area contributed by atoms with Crippen LogP contribution in [-0.4, -0.2) is 46.7 Å². The van der Waals surface area contributed by atoms with E-state index in [9.17, 15) is 21.6 Å². The average Bonchev–Trinajstić information content (AvgIpc) is 2.95. The number of sulfonamides is 2. The molecule has 0 aliphatic carbocycles. The van der Waals surface area contributed by atoms with Gasteiger partial charge in [-0.3, -0.25) is 4.79 Å². The summed E-state index contributed by atoms with van der Waals surface area (Å²) in [6, 6.07) is 21.5. The van der Waals surface area contributed by atoms with Crippen molar-refractivity contribution < 1.29 is 26.4 Å². The number of ether oxygens (including phenoxy) is 1. The van der Waals surface area contributed by atoms with Crippen molar-refractivity contribution in [3.63, 3.8) is 0 Å². The standard InChI is InChI=1S/C27H31N3O6S2/c31-27(28-19-23-9-13-26(14-10-23)38(34,35)30-17-5-2-6-18-30)21-36-24-11-15-25(16-12-24)37(32,33)29-20-22-7-3-1-4-8-22/h1,3-4,7-16,29H,2,5-6,17-21H2,(H,28,31). The van der Waals surface area contributed by atoms with Gasteiger partial charge in [0.25, 0.3) is 5.91 Å². The SMILES string of the molecule is O=C(COc1ccc(S(=O)(=O)NCc2ccccc2)cc1)NCc1ccc(S(=O)(=O)N2CCCCC2)cc1. The van der Waals surface area contributed by atoms with Crippen molar-refractivity contribution in [3.05, 3.63) is 90.0 Å². The Morgan fingerprint density at radius 1 is 0.737 bits per heavy atom. The van der Waals surface area contributed by atoms with Gasteiger partial charge in [-0.25, -0.2) is 21.6 Å². The maximum Gasteiger partial charge on any atom is 0.258 e. The van der Waals surface area contributed by atoms with Gasteiger partial charge in [0.1, 0.15) is 5.75 Å². The Hall–Kier alpha value is -3.25. The summed E-state index contributed by atoms with van der Waals surface area (Å²) in [5, 5.41) is 2.73. The summed E-state index contributed by atoms with van der Waals surface area (Å²) in [7, 11) is -7.18. The van der Waals surface area contributed by atoms with Gasteiger partial charge in [-0.15, -0.1) is 0 Å². The topological polar surface area (TPSA) is 122 Å². The lowest BCUT2D eigenvalue weighted by atomic mass is 10.2. The van der Waals surface area contributed by atoms with E-state index in [0.29, 0.717) is 18.8 Å². The van der Waals surface area contributed by atoms with Crippen LogP contribution in [0, 0.1) is 0 Å². The molecule has 3 aromatic rings. The van der Waals surface area contributed by atoms with Crippen LogP contribution in [0.1, 0.15) is 30.4 Å². The van der Waals surface area contributed by atoms with Crippen LogP contribution >= 0.6 is 0 Å². The number of hydrogen-bond acceptors (Lipinski definition) is 6. The third-order valence-corrected chi connectivity index (χ3v) is 9.51. The smallest absolute Gasteiger partial charge is 0.258 e. The number of nitrogens with one attached hydrogen (secondary N) is 2. The van der Waals surface area contributed by atoms with Crippen LogP contribution in [0.4, 0.5) is 0 Å². The summed E-state index contributed by atoms with van der Waals surface area (Å²) in [6.45, 7) is 1.24. The molecule has 38 heavy (non-hydrogen) atoms. The Bertz CT molecular complexity index is 1420. The van der Waals surface area contributed by atoms with Gasteiger partial charge in [0, 0.05) is 26.2 Å². The van der Waals surface area contributed by atoms with Crippen LogP contribution in [0.5, 0.6) is 5.75 Å².